The van der Waals surface area contributed by atoms with Gasteiger partial charge in [0.25, 0.3) is 0 Å². The van der Waals surface area contributed by atoms with E-state index in [-0.39, 0.29) is 24.1 Å². The summed E-state index contributed by atoms with van der Waals surface area (Å²) >= 11 is 0. The Morgan fingerprint density at radius 3 is 2.50 bits per heavy atom. The van der Waals surface area contributed by atoms with Crippen molar-refractivity contribution in [2.45, 2.75) is 90.8 Å². The lowest BCUT2D eigenvalue weighted by molar-refractivity contribution is -0.141. The molecular formula is C22H40O4. The standard InChI is InChI=1S/C22H40O4/c1-5-17-20-13-16(23)8-10-19(20)18(9-6-14(2)12-21(17)24)15(3)7-11-22(25)26-4/h14-21,23-24H,5-13H2,1-4H3/t14?,15-,16-,17-,18?,19?,20?,21+/m1/s1. The van der Waals surface area contributed by atoms with Gasteiger partial charge in [0.15, 0.2) is 0 Å². The number of aliphatic hydroxyl groups excluding tert-OH is 2. The summed E-state index contributed by atoms with van der Waals surface area (Å²) < 4.78 is 4.83. The van der Waals surface area contributed by atoms with Gasteiger partial charge in [-0.25, -0.2) is 0 Å². The normalized spacial score (nSPS) is 39.8. The maximum absolute atomic E-state index is 11.6. The summed E-state index contributed by atoms with van der Waals surface area (Å²) in [5.41, 5.74) is 0. The van der Waals surface area contributed by atoms with E-state index in [1.165, 1.54) is 13.5 Å². The van der Waals surface area contributed by atoms with Gasteiger partial charge in [-0.15, -0.1) is 0 Å². The number of rotatable bonds is 5. The van der Waals surface area contributed by atoms with Crippen molar-refractivity contribution in [2.75, 3.05) is 7.11 Å². The van der Waals surface area contributed by atoms with E-state index >= 15 is 0 Å². The number of esters is 1. The highest BCUT2D eigenvalue weighted by atomic mass is 16.5. The fraction of sp³-hybridized carbons (Fsp3) is 0.955. The molecule has 4 heteroatoms. The lowest BCUT2D eigenvalue weighted by Crippen LogP contribution is -2.41. The molecule has 0 aromatic heterocycles. The molecular weight excluding hydrogens is 328 g/mol. The fourth-order valence-corrected chi connectivity index (χ4v) is 5.85. The minimum Gasteiger partial charge on any atom is -0.469 e. The van der Waals surface area contributed by atoms with Crippen LogP contribution in [0, 0.1) is 35.5 Å². The number of hydrogen-bond donors (Lipinski definition) is 2. The van der Waals surface area contributed by atoms with Crippen LogP contribution in [0.15, 0.2) is 0 Å². The third-order valence-electron chi connectivity index (χ3n) is 7.39. The molecule has 0 aliphatic heterocycles. The Kier molecular flexibility index (Phi) is 8.41. The summed E-state index contributed by atoms with van der Waals surface area (Å²) in [6, 6.07) is 0. The Balaban J connectivity index is 2.22. The second-order valence-corrected chi connectivity index (χ2v) is 9.11. The van der Waals surface area contributed by atoms with Gasteiger partial charge in [-0.1, -0.05) is 33.6 Å². The van der Waals surface area contributed by atoms with Crippen molar-refractivity contribution in [3.63, 3.8) is 0 Å². The summed E-state index contributed by atoms with van der Waals surface area (Å²) in [5, 5.41) is 21.2. The molecule has 2 N–H and O–H groups in total. The van der Waals surface area contributed by atoms with E-state index in [2.05, 4.69) is 20.8 Å². The summed E-state index contributed by atoms with van der Waals surface area (Å²) in [6.45, 7) is 6.73. The van der Waals surface area contributed by atoms with Gasteiger partial charge in [-0.05, 0) is 74.0 Å². The Morgan fingerprint density at radius 2 is 1.85 bits per heavy atom. The largest absolute Gasteiger partial charge is 0.469 e. The minimum atomic E-state index is -0.253. The molecule has 0 bridgehead atoms. The third kappa shape index (κ3) is 5.45. The molecule has 2 aliphatic carbocycles. The van der Waals surface area contributed by atoms with E-state index in [4.69, 9.17) is 4.74 Å². The van der Waals surface area contributed by atoms with E-state index in [0.29, 0.717) is 36.0 Å². The fourth-order valence-electron chi connectivity index (χ4n) is 5.85. The van der Waals surface area contributed by atoms with Crippen LogP contribution in [0.25, 0.3) is 0 Å². The molecule has 0 aromatic carbocycles. The molecule has 2 rings (SSSR count). The predicted octanol–water partition coefficient (Wildman–Crippen LogP) is 4.18. The molecule has 0 amide bonds. The quantitative estimate of drug-likeness (QED) is 0.715. The molecule has 0 heterocycles. The van der Waals surface area contributed by atoms with E-state index in [9.17, 15) is 15.0 Å². The number of carbonyl (C=O) groups is 1. The van der Waals surface area contributed by atoms with Crippen LogP contribution in [0.5, 0.6) is 0 Å². The zero-order valence-electron chi connectivity index (χ0n) is 17.2. The van der Waals surface area contributed by atoms with Gasteiger partial charge in [0, 0.05) is 6.42 Å². The topological polar surface area (TPSA) is 66.8 Å². The van der Waals surface area contributed by atoms with E-state index in [0.717, 1.165) is 44.9 Å². The van der Waals surface area contributed by atoms with Crippen molar-refractivity contribution in [2.24, 2.45) is 35.5 Å². The van der Waals surface area contributed by atoms with Crippen molar-refractivity contribution in [3.05, 3.63) is 0 Å². The van der Waals surface area contributed by atoms with Crippen LogP contribution >= 0.6 is 0 Å². The number of fused-ring (bicyclic) bond motifs is 1. The predicted molar refractivity (Wildman–Crippen MR) is 104 cm³/mol. The Morgan fingerprint density at radius 1 is 1.12 bits per heavy atom. The van der Waals surface area contributed by atoms with Crippen LogP contribution < -0.4 is 0 Å². The molecule has 0 radical (unpaired) electrons. The zero-order chi connectivity index (χ0) is 19.3. The second-order valence-electron chi connectivity index (χ2n) is 9.11. The van der Waals surface area contributed by atoms with Crippen molar-refractivity contribution in [3.8, 4) is 0 Å². The van der Waals surface area contributed by atoms with Gasteiger partial charge >= 0.3 is 5.97 Å². The Hall–Kier alpha value is -0.610. The first-order chi connectivity index (χ1) is 12.4. The van der Waals surface area contributed by atoms with Gasteiger partial charge in [0.1, 0.15) is 0 Å². The zero-order valence-corrected chi connectivity index (χ0v) is 17.2. The van der Waals surface area contributed by atoms with Crippen LogP contribution in [0.4, 0.5) is 0 Å². The molecule has 2 saturated carbocycles. The van der Waals surface area contributed by atoms with E-state index < -0.39 is 0 Å². The van der Waals surface area contributed by atoms with Gasteiger partial charge in [0.05, 0.1) is 19.3 Å². The van der Waals surface area contributed by atoms with Gasteiger partial charge in [-0.2, -0.15) is 0 Å². The summed E-state index contributed by atoms with van der Waals surface area (Å²) in [5.74, 6) is 2.68. The molecule has 0 aromatic rings. The van der Waals surface area contributed by atoms with Crippen LogP contribution in [0.2, 0.25) is 0 Å². The number of methoxy groups -OCH3 is 1. The van der Waals surface area contributed by atoms with Gasteiger partial charge < -0.3 is 14.9 Å². The maximum atomic E-state index is 11.6. The molecule has 0 spiro atoms. The first-order valence-corrected chi connectivity index (χ1v) is 10.8. The first kappa shape index (κ1) is 21.7. The molecule has 4 nitrogen and oxygen atoms in total. The molecule has 2 fully saturated rings. The van der Waals surface area contributed by atoms with Crippen LogP contribution in [0.1, 0.15) is 78.6 Å². The summed E-state index contributed by atoms with van der Waals surface area (Å²) in [4.78, 5) is 11.6. The average Bonchev–Trinajstić information content (AvgIpc) is 2.65. The second kappa shape index (κ2) is 10.1. The monoisotopic (exact) mass is 368 g/mol. The molecule has 152 valence electrons. The van der Waals surface area contributed by atoms with Gasteiger partial charge in [0.2, 0.25) is 0 Å². The average molecular weight is 369 g/mol. The minimum absolute atomic E-state index is 0.120. The van der Waals surface area contributed by atoms with Crippen molar-refractivity contribution in [1.82, 2.24) is 0 Å². The lowest BCUT2D eigenvalue weighted by Gasteiger charge is -2.45. The number of carbonyl (C=O) groups excluding carboxylic acids is 1. The van der Waals surface area contributed by atoms with Crippen molar-refractivity contribution in [1.29, 1.82) is 0 Å². The first-order valence-electron chi connectivity index (χ1n) is 10.8. The highest BCUT2D eigenvalue weighted by Gasteiger charge is 2.43. The van der Waals surface area contributed by atoms with E-state index in [1.807, 2.05) is 0 Å². The number of hydrogen-bond acceptors (Lipinski definition) is 4. The number of aliphatic hydroxyl groups is 2. The van der Waals surface area contributed by atoms with Crippen LogP contribution in [0.3, 0.4) is 0 Å². The smallest absolute Gasteiger partial charge is 0.305 e. The SMILES string of the molecule is CC[C@@H]1C2C[C@H](O)CCC2C([C@H](C)CCC(=O)OC)CCC(C)C[C@@H]1O. The van der Waals surface area contributed by atoms with Gasteiger partial charge in [-0.3, -0.25) is 4.79 Å². The highest BCUT2D eigenvalue weighted by Crippen LogP contribution is 2.48. The lowest BCUT2D eigenvalue weighted by atomic mass is 9.61. The summed E-state index contributed by atoms with van der Waals surface area (Å²) in [6.07, 6.45) is 7.82. The van der Waals surface area contributed by atoms with E-state index in [1.54, 1.807) is 0 Å². The number of ether oxygens (including phenoxy) is 1. The van der Waals surface area contributed by atoms with Crippen molar-refractivity contribution >= 4 is 5.97 Å². The summed E-state index contributed by atoms with van der Waals surface area (Å²) in [7, 11) is 1.46. The maximum Gasteiger partial charge on any atom is 0.305 e. The third-order valence-corrected chi connectivity index (χ3v) is 7.39. The molecule has 2 aliphatic rings. The molecule has 4 unspecified atom stereocenters. The highest BCUT2D eigenvalue weighted by molar-refractivity contribution is 5.69. The molecule has 26 heavy (non-hydrogen) atoms. The van der Waals surface area contributed by atoms with Crippen LogP contribution in [-0.4, -0.2) is 35.5 Å². The Bertz CT molecular complexity index is 438. The molecule has 8 atom stereocenters. The van der Waals surface area contributed by atoms with Crippen molar-refractivity contribution < 1.29 is 19.7 Å². The Labute approximate surface area is 159 Å². The van der Waals surface area contributed by atoms with Crippen LogP contribution in [-0.2, 0) is 9.53 Å². The molecule has 0 saturated heterocycles.